The fourth-order valence-electron chi connectivity index (χ4n) is 11.4. The van der Waals surface area contributed by atoms with Crippen molar-refractivity contribution in [1.29, 1.82) is 0 Å². The van der Waals surface area contributed by atoms with Gasteiger partial charge in [0.1, 0.15) is 64.6 Å². The number of benzene rings is 2. The molecule has 28 nitrogen and oxygen atoms in total. The van der Waals surface area contributed by atoms with Crippen molar-refractivity contribution in [1.82, 2.24) is 31.9 Å². The van der Waals surface area contributed by atoms with E-state index in [2.05, 4.69) is 31.9 Å². The minimum absolute atomic E-state index is 0.0806. The van der Waals surface area contributed by atoms with Crippen molar-refractivity contribution in [2.45, 2.75) is 281 Å². The van der Waals surface area contributed by atoms with Crippen LogP contribution in [0.1, 0.15) is 182 Å². The van der Waals surface area contributed by atoms with Crippen LogP contribution in [-0.2, 0) is 66.4 Å². The van der Waals surface area contributed by atoms with Crippen molar-refractivity contribution in [3.05, 3.63) is 71.8 Å². The number of rotatable bonds is 18. The number of esters is 2. The van der Waals surface area contributed by atoms with Crippen molar-refractivity contribution in [2.75, 3.05) is 19.7 Å². The third-order valence-electron chi connectivity index (χ3n) is 15.3. The molecule has 7 rings (SSSR count). The molecule has 7 N–H and O–H groups in total. The van der Waals surface area contributed by atoms with Crippen molar-refractivity contribution in [3.8, 4) is 0 Å². The number of aliphatic hydroxyl groups is 1. The van der Waals surface area contributed by atoms with E-state index in [1.807, 2.05) is 0 Å². The zero-order valence-electron chi connectivity index (χ0n) is 57.4. The molecule has 1 spiro atoms. The molecule has 5 fully saturated rings. The van der Waals surface area contributed by atoms with E-state index in [4.69, 9.17) is 61.6 Å². The summed E-state index contributed by atoms with van der Waals surface area (Å²) in [5.74, 6) is -3.90. The Labute approximate surface area is 555 Å². The predicted octanol–water partition coefficient (Wildman–Crippen LogP) is 7.88. The molecule has 2 aliphatic carbocycles. The minimum Gasteiger partial charge on any atom is -0.451 e. The highest BCUT2D eigenvalue weighted by Crippen LogP contribution is 2.43. The maximum Gasteiger partial charge on any atom is 0.408 e. The van der Waals surface area contributed by atoms with E-state index < -0.39 is 174 Å². The topological polar surface area (TPSA) is 349 Å². The van der Waals surface area contributed by atoms with Gasteiger partial charge in [0.2, 0.25) is 0 Å². The highest BCUT2D eigenvalue weighted by molar-refractivity contribution is 5.92. The summed E-state index contributed by atoms with van der Waals surface area (Å²) in [5.41, 5.74) is -4.65. The van der Waals surface area contributed by atoms with E-state index in [1.54, 1.807) is 140 Å². The molecule has 3 aliphatic heterocycles. The minimum atomic E-state index is -2.05. The summed E-state index contributed by atoms with van der Waals surface area (Å²) in [6.45, 7) is 24.5. The summed E-state index contributed by atoms with van der Waals surface area (Å²) in [6.07, 6.45) is -16.5. The van der Waals surface area contributed by atoms with Gasteiger partial charge in [-0.25, -0.2) is 33.6 Å². The lowest BCUT2D eigenvalue weighted by molar-refractivity contribution is -0.388. The Balaban J connectivity index is 1.36. The summed E-state index contributed by atoms with van der Waals surface area (Å²) >= 11 is 0. The Kier molecular flexibility index (Phi) is 25.3. The second kappa shape index (κ2) is 31.9. The van der Waals surface area contributed by atoms with Crippen molar-refractivity contribution >= 4 is 48.3 Å². The van der Waals surface area contributed by atoms with Crippen molar-refractivity contribution < 1.29 is 105 Å². The third kappa shape index (κ3) is 23.6. The summed E-state index contributed by atoms with van der Waals surface area (Å²) in [6, 6.07) is 10.5. The number of hydrogen-bond donors (Lipinski definition) is 7. The summed E-state index contributed by atoms with van der Waals surface area (Å²) < 4.78 is 81.3. The molecule has 6 amide bonds. The molecular formula is C67H100N6O22. The van der Waals surface area contributed by atoms with Crippen LogP contribution >= 0.6 is 0 Å². The molecule has 530 valence electrons. The molecule has 3 heterocycles. The molecule has 3 saturated heterocycles. The number of aliphatic hydroxyl groups excluding tert-OH is 1. The standard InChI is InChI=1S/C67H100N6O22/c1-62(2,3)91-57(78)68-34-31-44(85-53(76)38-25-19-16-20-26-38)52(75)70-42-35-43(72-60(81)94-65(10,11)12)49(88-55-41(71-59(80)93-64(7,8)9)30-29-40(84-55)36-69-58(79)92-63(4,5)6)47(74)48(42)89-56-51(87-54(77)39-27-21-17-22-28-39)46(73-61(82)95-66(13,14)15)50-45(86-56)37-83-67(90-50)32-23-18-24-33-67/h16-17,19-22,25-28,40-51,55-56,74H,18,23-24,29-37H2,1-15H3,(H,68,78)(H,69,79)(H,70,75)(H,71,80)(H,72,81)(H,73,82)/t40?,41?,42-,43-,44+,45?,46+,47?,48+,49?,50-,51?,55-,56-/m1/s1. The first kappa shape index (κ1) is 75.3. The molecule has 2 aromatic carbocycles. The predicted molar refractivity (Wildman–Crippen MR) is 339 cm³/mol. The molecule has 95 heavy (non-hydrogen) atoms. The van der Waals surface area contributed by atoms with Crippen molar-refractivity contribution in [3.63, 3.8) is 0 Å². The second-order valence-corrected chi connectivity index (χ2v) is 29.4. The lowest BCUT2D eigenvalue weighted by Gasteiger charge is -2.54. The number of carbonyl (C=O) groups excluding carboxylic acids is 8. The SMILES string of the molecule is CC(C)(C)OC(=O)NCC[C@H](OC(=O)c1ccccc1)C(=O)N[C@@H]1C[C@@H](NC(=O)OC(C)(C)C)C(O[C@H]2OC(CNC(=O)OC(C)(C)C)CCC2NC(=O)OC(C)(C)C)C(O)[C@H]1O[C@H]1OC2COC3(CCCCC3)O[C@H]2[C@H](NC(=O)OC(C)(C)C)C1OC(=O)c1ccccc1. The van der Waals surface area contributed by atoms with Crippen LogP contribution in [0.5, 0.6) is 0 Å². The first-order valence-electron chi connectivity index (χ1n) is 32.7. The number of amides is 6. The van der Waals surface area contributed by atoms with Crippen LogP contribution in [-0.4, -0.2) is 192 Å². The van der Waals surface area contributed by atoms with Crippen LogP contribution in [0, 0.1) is 0 Å². The summed E-state index contributed by atoms with van der Waals surface area (Å²) in [4.78, 5) is 112. The highest BCUT2D eigenvalue weighted by Gasteiger charge is 2.59. The molecule has 5 aliphatic rings. The number of ether oxygens (including phenoxy) is 13. The Morgan fingerprint density at radius 1 is 0.547 bits per heavy atom. The van der Waals surface area contributed by atoms with Crippen LogP contribution in [0.4, 0.5) is 24.0 Å². The number of fused-ring (bicyclic) bond motifs is 1. The number of carbonyl (C=O) groups is 8. The van der Waals surface area contributed by atoms with Gasteiger partial charge in [-0.15, -0.1) is 0 Å². The van der Waals surface area contributed by atoms with Gasteiger partial charge in [0.15, 0.2) is 30.6 Å². The highest BCUT2D eigenvalue weighted by atomic mass is 16.8. The van der Waals surface area contributed by atoms with Gasteiger partial charge in [-0.2, -0.15) is 0 Å². The molecule has 28 heteroatoms. The molecule has 6 unspecified atom stereocenters. The summed E-state index contributed by atoms with van der Waals surface area (Å²) in [5, 5.41) is 30.2. The lowest BCUT2D eigenvalue weighted by Crippen LogP contribution is -2.73. The van der Waals surface area contributed by atoms with E-state index in [9.17, 15) is 38.7 Å². The van der Waals surface area contributed by atoms with Gasteiger partial charge >= 0.3 is 42.4 Å². The van der Waals surface area contributed by atoms with Gasteiger partial charge in [-0.1, -0.05) is 42.8 Å². The zero-order chi connectivity index (χ0) is 69.8. The smallest absolute Gasteiger partial charge is 0.408 e. The first-order valence-corrected chi connectivity index (χ1v) is 32.7. The zero-order valence-corrected chi connectivity index (χ0v) is 57.4. The van der Waals surface area contributed by atoms with Crippen LogP contribution in [0.3, 0.4) is 0 Å². The van der Waals surface area contributed by atoms with Gasteiger partial charge in [-0.05, 0) is 160 Å². The fraction of sp³-hybridized carbons (Fsp3) is 0.701. The largest absolute Gasteiger partial charge is 0.451 e. The van der Waals surface area contributed by atoms with Gasteiger partial charge in [0, 0.05) is 32.4 Å². The molecule has 0 bridgehead atoms. The molecule has 14 atom stereocenters. The number of alkyl carbamates (subject to hydrolysis) is 5. The van der Waals surface area contributed by atoms with E-state index in [0.29, 0.717) is 12.8 Å². The number of nitrogens with one attached hydrogen (secondary N) is 6. The fourth-order valence-corrected chi connectivity index (χ4v) is 11.4. The van der Waals surface area contributed by atoms with Crippen LogP contribution in [0.15, 0.2) is 60.7 Å². The van der Waals surface area contributed by atoms with Crippen LogP contribution in [0.25, 0.3) is 0 Å². The van der Waals surface area contributed by atoms with Crippen LogP contribution < -0.4 is 31.9 Å². The van der Waals surface area contributed by atoms with E-state index in [1.165, 1.54) is 24.3 Å². The molecular weight excluding hydrogens is 1240 g/mol. The van der Waals surface area contributed by atoms with Gasteiger partial charge < -0.3 is 98.6 Å². The van der Waals surface area contributed by atoms with Crippen LogP contribution in [0.2, 0.25) is 0 Å². The van der Waals surface area contributed by atoms with Gasteiger partial charge in [-0.3, -0.25) is 4.79 Å². The normalized spacial score (nSPS) is 27.3. The molecule has 0 aromatic heterocycles. The first-order chi connectivity index (χ1) is 44.3. The Hall–Kier alpha value is -7.08. The summed E-state index contributed by atoms with van der Waals surface area (Å²) in [7, 11) is 0. The molecule has 0 radical (unpaired) electrons. The van der Waals surface area contributed by atoms with E-state index in [0.717, 1.165) is 19.3 Å². The van der Waals surface area contributed by atoms with Gasteiger partial charge in [0.25, 0.3) is 5.91 Å². The van der Waals surface area contributed by atoms with Crippen molar-refractivity contribution in [2.24, 2.45) is 0 Å². The Morgan fingerprint density at radius 3 is 1.58 bits per heavy atom. The van der Waals surface area contributed by atoms with E-state index in [-0.39, 0.29) is 50.1 Å². The molecule has 2 aromatic rings. The average Bonchev–Trinajstić information content (AvgIpc) is 0.753. The Morgan fingerprint density at radius 2 is 1.03 bits per heavy atom. The second-order valence-electron chi connectivity index (χ2n) is 29.4. The third-order valence-corrected chi connectivity index (χ3v) is 15.3. The number of hydrogen-bond acceptors (Lipinski definition) is 22. The Bertz CT molecular complexity index is 2920. The maximum absolute atomic E-state index is 15.3. The van der Waals surface area contributed by atoms with Gasteiger partial charge in [0.05, 0.1) is 42.0 Å². The maximum atomic E-state index is 15.3. The van der Waals surface area contributed by atoms with E-state index >= 15 is 4.79 Å². The molecule has 2 saturated carbocycles. The monoisotopic (exact) mass is 1340 g/mol. The lowest BCUT2D eigenvalue weighted by atomic mass is 9.82. The average molecular weight is 1340 g/mol. The quantitative estimate of drug-likeness (QED) is 0.0551.